The predicted molar refractivity (Wildman–Crippen MR) is 56.3 cm³/mol. The molecule has 0 spiro atoms. The van der Waals surface area contributed by atoms with Gasteiger partial charge in [0.1, 0.15) is 6.10 Å². The Morgan fingerprint density at radius 3 is 2.27 bits per heavy atom. The molecule has 4 heteroatoms. The fraction of sp³-hybridized carbons (Fsp3) is 0.818. The number of rotatable bonds is 4. The smallest absolute Gasteiger partial charge is 0.309 e. The van der Waals surface area contributed by atoms with Gasteiger partial charge < -0.3 is 9.47 Å². The maximum absolute atomic E-state index is 11.4. The van der Waals surface area contributed by atoms with Crippen molar-refractivity contribution >= 4 is 11.9 Å². The molecule has 0 saturated carbocycles. The lowest BCUT2D eigenvalue weighted by Gasteiger charge is -2.29. The van der Waals surface area contributed by atoms with E-state index in [1.165, 1.54) is 6.92 Å². The van der Waals surface area contributed by atoms with E-state index in [1.54, 1.807) is 27.7 Å². The van der Waals surface area contributed by atoms with E-state index < -0.39 is 29.9 Å². The first-order valence-corrected chi connectivity index (χ1v) is 4.96. The molecule has 0 aromatic heterocycles. The molecule has 0 aromatic carbocycles. The second-order valence-corrected chi connectivity index (χ2v) is 4.31. The molecule has 0 fully saturated rings. The van der Waals surface area contributed by atoms with Gasteiger partial charge >= 0.3 is 11.9 Å². The molecule has 15 heavy (non-hydrogen) atoms. The van der Waals surface area contributed by atoms with Gasteiger partial charge in [0.15, 0.2) is 0 Å². The van der Waals surface area contributed by atoms with Crippen molar-refractivity contribution in [2.75, 3.05) is 6.61 Å². The minimum Gasteiger partial charge on any atom is -0.466 e. The Morgan fingerprint density at radius 2 is 1.93 bits per heavy atom. The highest BCUT2D eigenvalue weighted by Crippen LogP contribution is 2.25. The van der Waals surface area contributed by atoms with Crippen molar-refractivity contribution in [3.63, 3.8) is 0 Å². The summed E-state index contributed by atoms with van der Waals surface area (Å²) < 4.78 is 17.5. The molecular formula is C11H20O4. The van der Waals surface area contributed by atoms with Gasteiger partial charge in [0, 0.05) is 8.29 Å². The van der Waals surface area contributed by atoms with Gasteiger partial charge in [-0.15, -0.1) is 0 Å². The number of carbonyl (C=O) groups excluding carboxylic acids is 2. The molecule has 0 amide bonds. The fourth-order valence-corrected chi connectivity index (χ4v) is 0.954. The van der Waals surface area contributed by atoms with Gasteiger partial charge in [0.05, 0.1) is 13.0 Å². The summed E-state index contributed by atoms with van der Waals surface area (Å²) in [5, 5.41) is 0. The maximum Gasteiger partial charge on any atom is 0.309 e. The molecule has 0 radical (unpaired) electrons. The van der Waals surface area contributed by atoms with E-state index in [-0.39, 0.29) is 6.61 Å². The van der Waals surface area contributed by atoms with Crippen molar-refractivity contribution in [3.8, 4) is 0 Å². The lowest BCUT2D eigenvalue weighted by molar-refractivity contribution is -0.159. The average Bonchev–Trinajstić information content (AvgIpc) is 2.11. The van der Waals surface area contributed by atoms with Crippen LogP contribution in [0.15, 0.2) is 0 Å². The molecule has 0 aromatic rings. The van der Waals surface area contributed by atoms with Crippen LogP contribution in [0.1, 0.15) is 42.4 Å². The number of esters is 2. The molecule has 0 unspecified atom stereocenters. The minimum atomic E-state index is -1.20. The Balaban J connectivity index is 4.75. The number of carbonyl (C=O) groups is 2. The summed E-state index contributed by atoms with van der Waals surface area (Å²) >= 11 is 0. The first-order chi connectivity index (χ1) is 7.20. The van der Waals surface area contributed by atoms with Crippen molar-refractivity contribution < 1.29 is 20.4 Å². The average molecular weight is 217 g/mol. The lowest BCUT2D eigenvalue weighted by Crippen LogP contribution is -2.33. The van der Waals surface area contributed by atoms with Crippen molar-refractivity contribution in [1.82, 2.24) is 0 Å². The van der Waals surface area contributed by atoms with E-state index in [1.807, 2.05) is 0 Å². The SMILES string of the molecule is [2H][C@@H](C(=O)OCC)[C@@H](OC(C)=O)C(C)(C)C. The molecule has 0 heterocycles. The quantitative estimate of drug-likeness (QED) is 0.675. The van der Waals surface area contributed by atoms with Crippen LogP contribution in [0.5, 0.6) is 0 Å². The van der Waals surface area contributed by atoms with E-state index in [0.29, 0.717) is 0 Å². The Bertz CT molecular complexity index is 257. The summed E-state index contributed by atoms with van der Waals surface area (Å²) in [6.07, 6.45) is -2.01. The van der Waals surface area contributed by atoms with Gasteiger partial charge in [0.25, 0.3) is 0 Å². The fourth-order valence-electron chi connectivity index (χ4n) is 0.954. The van der Waals surface area contributed by atoms with Gasteiger partial charge in [-0.2, -0.15) is 0 Å². The maximum atomic E-state index is 11.4. The zero-order chi connectivity index (χ0) is 12.9. The summed E-state index contributed by atoms with van der Waals surface area (Å²) in [6, 6.07) is 0. The normalized spacial score (nSPS) is 16.2. The lowest BCUT2D eigenvalue weighted by atomic mass is 9.87. The van der Waals surface area contributed by atoms with Crippen LogP contribution in [-0.4, -0.2) is 24.6 Å². The van der Waals surface area contributed by atoms with Crippen molar-refractivity contribution in [2.24, 2.45) is 5.41 Å². The first kappa shape index (κ1) is 12.0. The molecule has 2 atom stereocenters. The second kappa shape index (κ2) is 5.73. The molecule has 0 aliphatic carbocycles. The van der Waals surface area contributed by atoms with Crippen LogP contribution < -0.4 is 0 Å². The van der Waals surface area contributed by atoms with Crippen molar-refractivity contribution in [2.45, 2.75) is 47.1 Å². The predicted octanol–water partition coefficient (Wildman–Crippen LogP) is 1.92. The van der Waals surface area contributed by atoms with E-state index >= 15 is 0 Å². The Hall–Kier alpha value is -1.06. The zero-order valence-corrected chi connectivity index (χ0v) is 9.99. The van der Waals surface area contributed by atoms with Crippen LogP contribution in [0, 0.1) is 5.41 Å². The van der Waals surface area contributed by atoms with E-state index in [9.17, 15) is 9.59 Å². The van der Waals surface area contributed by atoms with Crippen molar-refractivity contribution in [1.29, 1.82) is 0 Å². The van der Waals surface area contributed by atoms with Crippen LogP contribution in [0.3, 0.4) is 0 Å². The minimum absolute atomic E-state index is 0.213. The Labute approximate surface area is 92.3 Å². The monoisotopic (exact) mass is 217 g/mol. The summed E-state index contributed by atoms with van der Waals surface area (Å²) in [7, 11) is 0. The third-order valence-corrected chi connectivity index (χ3v) is 1.72. The van der Waals surface area contributed by atoms with Crippen LogP contribution in [0.25, 0.3) is 0 Å². The first-order valence-electron chi connectivity index (χ1n) is 5.54. The van der Waals surface area contributed by atoms with Gasteiger partial charge in [-0.05, 0) is 12.3 Å². The van der Waals surface area contributed by atoms with Crippen LogP contribution in [0.4, 0.5) is 0 Å². The van der Waals surface area contributed by atoms with Gasteiger partial charge in [0.2, 0.25) is 0 Å². The van der Waals surface area contributed by atoms with Gasteiger partial charge in [-0.25, -0.2) is 0 Å². The molecule has 0 N–H and O–H groups in total. The van der Waals surface area contributed by atoms with Gasteiger partial charge in [-0.1, -0.05) is 20.8 Å². The van der Waals surface area contributed by atoms with E-state index in [4.69, 9.17) is 10.8 Å². The standard InChI is InChI=1S/C11H20O4/c1-6-14-10(13)7-9(11(3,4)5)15-8(2)12/h9H,6-7H2,1-5H3/t9-/m1/s1/i7D/t7-,9-. The largest absolute Gasteiger partial charge is 0.466 e. The zero-order valence-electron chi connectivity index (χ0n) is 11.0. The number of hydrogen-bond donors (Lipinski definition) is 0. The van der Waals surface area contributed by atoms with Crippen LogP contribution in [-0.2, 0) is 19.1 Å². The summed E-state index contributed by atoms with van der Waals surface area (Å²) in [5.41, 5.74) is -0.481. The Kier molecular flexibility index (Phi) is 4.59. The van der Waals surface area contributed by atoms with Crippen LogP contribution in [0.2, 0.25) is 0 Å². The summed E-state index contributed by atoms with van der Waals surface area (Å²) in [4.78, 5) is 22.3. The van der Waals surface area contributed by atoms with Crippen molar-refractivity contribution in [3.05, 3.63) is 0 Å². The molecule has 0 aliphatic rings. The Morgan fingerprint density at radius 1 is 1.40 bits per heavy atom. The third kappa shape index (κ3) is 6.10. The molecular weight excluding hydrogens is 196 g/mol. The molecule has 4 nitrogen and oxygen atoms in total. The van der Waals surface area contributed by atoms with E-state index in [0.717, 1.165) is 0 Å². The summed E-state index contributed by atoms with van der Waals surface area (Å²) in [5.74, 6) is -1.16. The molecule has 0 aliphatic heterocycles. The number of ether oxygens (including phenoxy) is 2. The second-order valence-electron chi connectivity index (χ2n) is 4.31. The highest BCUT2D eigenvalue weighted by atomic mass is 16.6. The van der Waals surface area contributed by atoms with E-state index in [2.05, 4.69) is 0 Å². The van der Waals surface area contributed by atoms with Gasteiger partial charge in [-0.3, -0.25) is 9.59 Å². The molecule has 88 valence electrons. The number of hydrogen-bond acceptors (Lipinski definition) is 4. The molecule has 0 saturated heterocycles. The molecule has 0 bridgehead atoms. The molecule has 0 rings (SSSR count). The highest BCUT2D eigenvalue weighted by molar-refractivity contribution is 5.71. The van der Waals surface area contributed by atoms with Crippen LogP contribution >= 0.6 is 0 Å². The topological polar surface area (TPSA) is 52.6 Å². The highest BCUT2D eigenvalue weighted by Gasteiger charge is 2.30. The summed E-state index contributed by atoms with van der Waals surface area (Å²) in [6.45, 7) is 8.56. The third-order valence-electron chi connectivity index (χ3n) is 1.72.